The van der Waals surface area contributed by atoms with Gasteiger partial charge in [-0.1, -0.05) is 29.3 Å². The number of nitrogens with zero attached hydrogens (tertiary/aromatic N) is 1. The van der Waals surface area contributed by atoms with Gasteiger partial charge in [0.1, 0.15) is 24.0 Å². The van der Waals surface area contributed by atoms with Crippen LogP contribution in [0.3, 0.4) is 0 Å². The van der Waals surface area contributed by atoms with Gasteiger partial charge in [0, 0.05) is 5.69 Å². The van der Waals surface area contributed by atoms with Crippen LogP contribution in [0, 0.1) is 25.2 Å². The van der Waals surface area contributed by atoms with Crippen LogP contribution in [0.25, 0.3) is 6.08 Å². The van der Waals surface area contributed by atoms with Crippen LogP contribution < -0.4 is 19.5 Å². The fourth-order valence-corrected chi connectivity index (χ4v) is 4.14. The summed E-state index contributed by atoms with van der Waals surface area (Å²) in [5.41, 5.74) is 4.54. The van der Waals surface area contributed by atoms with E-state index in [9.17, 15) is 10.1 Å². The summed E-state index contributed by atoms with van der Waals surface area (Å²) in [7, 11) is 1.57. The summed E-state index contributed by atoms with van der Waals surface area (Å²) in [6, 6.07) is 18.7. The molecular weight excluding hydrogens is 508 g/mol. The van der Waals surface area contributed by atoms with Crippen molar-refractivity contribution in [2.75, 3.05) is 19.0 Å². The van der Waals surface area contributed by atoms with Crippen molar-refractivity contribution in [3.8, 4) is 23.3 Å². The third kappa shape index (κ3) is 7.11. The maximum atomic E-state index is 12.7. The average molecular weight is 535 g/mol. The maximum Gasteiger partial charge on any atom is 0.266 e. The summed E-state index contributed by atoms with van der Waals surface area (Å²) in [5, 5.41) is 12.3. The van der Waals surface area contributed by atoms with Gasteiger partial charge < -0.3 is 19.5 Å². The Morgan fingerprint density at radius 2 is 1.74 bits per heavy atom. The van der Waals surface area contributed by atoms with E-state index >= 15 is 0 Å². The highest BCUT2D eigenvalue weighted by molar-refractivity contribution is 9.10. The summed E-state index contributed by atoms with van der Waals surface area (Å²) in [4.78, 5) is 12.7. The Labute approximate surface area is 214 Å². The molecule has 3 aromatic carbocycles. The molecule has 1 amide bonds. The van der Waals surface area contributed by atoms with Gasteiger partial charge in [-0.05, 0) is 90.3 Å². The van der Waals surface area contributed by atoms with Gasteiger partial charge in [-0.3, -0.25) is 4.79 Å². The van der Waals surface area contributed by atoms with Crippen molar-refractivity contribution >= 4 is 33.6 Å². The minimum Gasteiger partial charge on any atom is -0.497 e. The lowest BCUT2D eigenvalue weighted by molar-refractivity contribution is -0.112. The second kappa shape index (κ2) is 12.1. The number of hydrogen-bond donors (Lipinski definition) is 1. The Morgan fingerprint density at radius 3 is 2.34 bits per heavy atom. The Hall–Kier alpha value is -3.76. The van der Waals surface area contributed by atoms with Gasteiger partial charge in [0.05, 0.1) is 18.2 Å². The van der Waals surface area contributed by atoms with E-state index in [1.807, 2.05) is 13.0 Å². The van der Waals surface area contributed by atoms with E-state index < -0.39 is 5.91 Å². The smallest absolute Gasteiger partial charge is 0.266 e. The number of amides is 1. The van der Waals surface area contributed by atoms with Crippen LogP contribution in [0.15, 0.2) is 64.6 Å². The van der Waals surface area contributed by atoms with Gasteiger partial charge in [-0.15, -0.1) is 0 Å². The van der Waals surface area contributed by atoms with Gasteiger partial charge in [-0.25, -0.2) is 0 Å². The number of nitrogens with one attached hydrogen (secondary N) is 1. The van der Waals surface area contributed by atoms with Gasteiger partial charge in [0.2, 0.25) is 0 Å². The van der Waals surface area contributed by atoms with Crippen LogP contribution in [0.4, 0.5) is 5.69 Å². The van der Waals surface area contributed by atoms with E-state index in [-0.39, 0.29) is 5.57 Å². The number of carbonyl (C=O) groups excluding carboxylic acids is 1. The predicted octanol–water partition coefficient (Wildman–Crippen LogP) is 6.60. The van der Waals surface area contributed by atoms with Crippen molar-refractivity contribution in [3.05, 3.63) is 86.9 Å². The van der Waals surface area contributed by atoms with Crippen LogP contribution in [0.2, 0.25) is 0 Å². The lowest BCUT2D eigenvalue weighted by Gasteiger charge is -2.15. The molecule has 0 unspecified atom stereocenters. The summed E-state index contributed by atoms with van der Waals surface area (Å²) in [5.74, 6) is 1.24. The largest absolute Gasteiger partial charge is 0.497 e. The first-order chi connectivity index (χ1) is 16.8. The number of benzene rings is 3. The first-order valence-electron chi connectivity index (χ1n) is 11.1. The molecule has 3 rings (SSSR count). The highest BCUT2D eigenvalue weighted by Gasteiger charge is 2.15. The molecule has 0 aromatic heterocycles. The molecule has 35 heavy (non-hydrogen) atoms. The Kier molecular flexibility index (Phi) is 8.93. The molecule has 7 heteroatoms. The second-order valence-electron chi connectivity index (χ2n) is 7.90. The number of carbonyl (C=O) groups is 1. The SMILES string of the molecule is CCOc1cc(/C=C(\C#N)C(=O)Nc2ccc(OC)cc2)cc(Br)c1OCc1cc(C)cc(C)c1. The number of nitriles is 1. The maximum absolute atomic E-state index is 12.7. The molecular formula is C28H27BrN2O4. The summed E-state index contributed by atoms with van der Waals surface area (Å²) >= 11 is 3.56. The van der Waals surface area contributed by atoms with Crippen molar-refractivity contribution in [3.63, 3.8) is 0 Å². The fraction of sp³-hybridized carbons (Fsp3) is 0.214. The van der Waals surface area contributed by atoms with Crippen LogP contribution >= 0.6 is 15.9 Å². The number of anilines is 1. The predicted molar refractivity (Wildman–Crippen MR) is 141 cm³/mol. The van der Waals surface area contributed by atoms with Crippen molar-refractivity contribution in [2.24, 2.45) is 0 Å². The number of aryl methyl sites for hydroxylation is 2. The van der Waals surface area contributed by atoms with Gasteiger partial charge >= 0.3 is 0 Å². The Bertz CT molecular complexity index is 1260. The number of halogens is 1. The molecule has 0 radical (unpaired) electrons. The standard InChI is InChI=1S/C28H27BrN2O4/c1-5-34-26-15-20(13-22(16-30)28(32)31-23-6-8-24(33-4)9-7-23)14-25(29)27(26)35-17-21-11-18(2)10-19(3)12-21/h6-15H,5,17H2,1-4H3,(H,31,32)/b22-13+. The molecule has 3 aromatic rings. The van der Waals surface area contributed by atoms with Crippen molar-refractivity contribution in [1.29, 1.82) is 5.26 Å². The Morgan fingerprint density at radius 1 is 1.06 bits per heavy atom. The molecule has 0 saturated heterocycles. The number of hydrogen-bond acceptors (Lipinski definition) is 5. The lowest BCUT2D eigenvalue weighted by atomic mass is 10.1. The third-order valence-electron chi connectivity index (χ3n) is 5.02. The van der Waals surface area contributed by atoms with Crippen LogP contribution in [-0.4, -0.2) is 19.6 Å². The molecule has 0 spiro atoms. The molecule has 0 heterocycles. The zero-order chi connectivity index (χ0) is 25.4. The molecule has 6 nitrogen and oxygen atoms in total. The van der Waals surface area contributed by atoms with Gasteiger partial charge in [0.15, 0.2) is 11.5 Å². The van der Waals surface area contributed by atoms with Crippen molar-refractivity contribution in [1.82, 2.24) is 0 Å². The monoisotopic (exact) mass is 534 g/mol. The Balaban J connectivity index is 1.83. The van der Waals surface area contributed by atoms with Crippen LogP contribution in [0.5, 0.6) is 17.2 Å². The van der Waals surface area contributed by atoms with Crippen LogP contribution in [0.1, 0.15) is 29.2 Å². The third-order valence-corrected chi connectivity index (χ3v) is 5.61. The first-order valence-corrected chi connectivity index (χ1v) is 11.9. The average Bonchev–Trinajstić information content (AvgIpc) is 2.82. The fourth-order valence-electron chi connectivity index (χ4n) is 3.57. The van der Waals surface area contributed by atoms with E-state index in [4.69, 9.17) is 14.2 Å². The quantitative estimate of drug-likeness (QED) is 0.247. The number of methoxy groups -OCH3 is 1. The number of rotatable bonds is 9. The first kappa shape index (κ1) is 25.9. The molecule has 0 aliphatic rings. The highest BCUT2D eigenvalue weighted by atomic mass is 79.9. The van der Waals surface area contributed by atoms with E-state index in [1.165, 1.54) is 17.2 Å². The zero-order valence-electron chi connectivity index (χ0n) is 20.1. The van der Waals surface area contributed by atoms with E-state index in [1.54, 1.807) is 43.5 Å². The molecule has 0 aliphatic heterocycles. The zero-order valence-corrected chi connectivity index (χ0v) is 21.7. The molecule has 0 atom stereocenters. The summed E-state index contributed by atoms with van der Waals surface area (Å²) < 4.78 is 17.7. The molecule has 0 saturated carbocycles. The lowest BCUT2D eigenvalue weighted by Crippen LogP contribution is -2.13. The van der Waals surface area contributed by atoms with Gasteiger partial charge in [-0.2, -0.15) is 5.26 Å². The van der Waals surface area contributed by atoms with Crippen molar-refractivity contribution < 1.29 is 19.0 Å². The normalized spacial score (nSPS) is 10.9. The van der Waals surface area contributed by atoms with E-state index in [0.717, 1.165) is 5.56 Å². The molecule has 0 fully saturated rings. The second-order valence-corrected chi connectivity index (χ2v) is 8.75. The summed E-state index contributed by atoms with van der Waals surface area (Å²) in [6.07, 6.45) is 1.51. The number of ether oxygens (including phenoxy) is 3. The highest BCUT2D eigenvalue weighted by Crippen LogP contribution is 2.38. The molecule has 180 valence electrons. The van der Waals surface area contributed by atoms with Crippen LogP contribution in [-0.2, 0) is 11.4 Å². The topological polar surface area (TPSA) is 80.6 Å². The molecule has 1 N–H and O–H groups in total. The molecule has 0 bridgehead atoms. The minimum atomic E-state index is -0.512. The van der Waals surface area contributed by atoms with E-state index in [0.29, 0.717) is 46.2 Å². The summed E-state index contributed by atoms with van der Waals surface area (Å²) in [6.45, 7) is 6.80. The van der Waals surface area contributed by atoms with E-state index in [2.05, 4.69) is 53.3 Å². The van der Waals surface area contributed by atoms with Crippen molar-refractivity contribution in [2.45, 2.75) is 27.4 Å². The van der Waals surface area contributed by atoms with Gasteiger partial charge in [0.25, 0.3) is 5.91 Å². The molecule has 0 aliphatic carbocycles. The minimum absolute atomic E-state index is 0.0425.